The molecule has 2 atom stereocenters. The van der Waals surface area contributed by atoms with E-state index in [1.54, 1.807) is 6.07 Å². The first kappa shape index (κ1) is 34.0. The van der Waals surface area contributed by atoms with Crippen molar-refractivity contribution in [2.75, 3.05) is 13.7 Å². The fraction of sp³-hybridized carbons (Fsp3) is 0.486. The Hall–Kier alpha value is -1.87. The van der Waals surface area contributed by atoms with Crippen LogP contribution >= 0.6 is 27.3 Å². The quantitative estimate of drug-likeness (QED) is 0.130. The predicted octanol–water partition coefficient (Wildman–Crippen LogP) is 8.60. The van der Waals surface area contributed by atoms with Crippen LogP contribution < -0.4 is 16.1 Å². The van der Waals surface area contributed by atoms with Crippen LogP contribution in [-0.4, -0.2) is 47.4 Å². The number of hydrogen-bond donors (Lipinski definition) is 1. The zero-order chi connectivity index (χ0) is 31.6. The summed E-state index contributed by atoms with van der Waals surface area (Å²) in [6, 6.07) is 12.6. The SMILES string of the molecule is C=Cc1ccc(PC23CCC([B]c4ccc5c(c4)C(=O)NC5=O)(CC2)CC3)cc1C(=C)N(C)SP(C)C(C)(C)C.CCC. The van der Waals surface area contributed by atoms with Gasteiger partial charge in [0.2, 0.25) is 0 Å². The molecule has 3 saturated carbocycles. The zero-order valence-electron chi connectivity index (χ0n) is 27.1. The number of rotatable bonds is 9. The molecule has 0 saturated heterocycles. The molecule has 0 aromatic heterocycles. The summed E-state index contributed by atoms with van der Waals surface area (Å²) >= 11 is 1.91. The van der Waals surface area contributed by atoms with Crippen LogP contribution in [0, 0.1) is 0 Å². The molecule has 2 bridgehead atoms. The van der Waals surface area contributed by atoms with Crippen LogP contribution in [0.3, 0.4) is 0 Å². The average molecular weight is 634 g/mol. The lowest BCUT2D eigenvalue weighted by molar-refractivity contribution is 0.0879. The molecular formula is C35H48BN2O2P2S. The number of benzene rings is 2. The number of carbonyl (C=O) groups is 2. The Kier molecular flexibility index (Phi) is 10.8. The molecule has 3 aliphatic carbocycles. The van der Waals surface area contributed by atoms with E-state index in [0.717, 1.165) is 25.3 Å². The van der Waals surface area contributed by atoms with Gasteiger partial charge >= 0.3 is 0 Å². The molecule has 3 fully saturated rings. The number of carbonyl (C=O) groups excluding carboxylic acids is 2. The monoisotopic (exact) mass is 633 g/mol. The van der Waals surface area contributed by atoms with Crippen molar-refractivity contribution in [2.45, 2.75) is 95.2 Å². The van der Waals surface area contributed by atoms with E-state index in [9.17, 15) is 9.59 Å². The molecule has 2 unspecified atom stereocenters. The second kappa shape index (κ2) is 13.6. The third-order valence-electron chi connectivity index (χ3n) is 9.10. The molecule has 8 heteroatoms. The number of nitrogens with one attached hydrogen (secondary N) is 1. The highest BCUT2D eigenvalue weighted by atomic mass is 32.7. The molecule has 2 aromatic carbocycles. The van der Waals surface area contributed by atoms with Gasteiger partial charge in [0.05, 0.1) is 11.1 Å². The van der Waals surface area contributed by atoms with Crippen molar-refractivity contribution in [3.05, 3.63) is 71.8 Å². The van der Waals surface area contributed by atoms with Crippen LogP contribution in [0.2, 0.25) is 5.31 Å². The van der Waals surface area contributed by atoms with Crippen LogP contribution in [0.15, 0.2) is 49.6 Å². The molecular weight excluding hydrogens is 585 g/mol. The Morgan fingerprint density at radius 2 is 1.65 bits per heavy atom. The Morgan fingerprint density at radius 1 is 1.05 bits per heavy atom. The van der Waals surface area contributed by atoms with Gasteiger partial charge in [0, 0.05) is 18.3 Å². The van der Waals surface area contributed by atoms with Gasteiger partial charge < -0.3 is 4.31 Å². The van der Waals surface area contributed by atoms with Crippen molar-refractivity contribution in [1.29, 1.82) is 0 Å². The van der Waals surface area contributed by atoms with Gasteiger partial charge in [-0.1, -0.05) is 123 Å². The highest BCUT2D eigenvalue weighted by Crippen LogP contribution is 2.63. The number of hydrogen-bond acceptors (Lipinski definition) is 4. The summed E-state index contributed by atoms with van der Waals surface area (Å²) in [6.07, 6.45) is 10.4. The van der Waals surface area contributed by atoms with Crippen molar-refractivity contribution >= 4 is 68.9 Å². The fourth-order valence-corrected chi connectivity index (χ4v) is 10.8. The van der Waals surface area contributed by atoms with Gasteiger partial charge in [0.1, 0.15) is 0 Å². The molecule has 1 radical (unpaired) electrons. The molecule has 4 nitrogen and oxygen atoms in total. The number of nitrogens with zero attached hydrogens (tertiary/aromatic N) is 1. The van der Waals surface area contributed by atoms with Crippen molar-refractivity contribution < 1.29 is 9.59 Å². The van der Waals surface area contributed by atoms with Gasteiger partial charge in [-0.3, -0.25) is 14.9 Å². The lowest BCUT2D eigenvalue weighted by Crippen LogP contribution is -2.45. The van der Waals surface area contributed by atoms with Gasteiger partial charge in [-0.05, 0) is 77.9 Å². The second-order valence-corrected chi connectivity index (χ2v) is 20.5. The minimum Gasteiger partial charge on any atom is -0.316 e. The summed E-state index contributed by atoms with van der Waals surface area (Å²) in [5.74, 6) is -0.566. The molecule has 6 rings (SSSR count). The summed E-state index contributed by atoms with van der Waals surface area (Å²) in [5, 5.41) is 4.67. The third kappa shape index (κ3) is 7.69. The first-order chi connectivity index (χ1) is 20.2. The average Bonchev–Trinajstić information content (AvgIpc) is 3.25. The second-order valence-electron chi connectivity index (χ2n) is 13.4. The number of fused-ring (bicyclic) bond motifs is 4. The maximum Gasteiger partial charge on any atom is 0.258 e. The molecule has 4 aliphatic rings. The minimum absolute atomic E-state index is 0.192. The van der Waals surface area contributed by atoms with Crippen molar-refractivity contribution in [1.82, 2.24) is 9.62 Å². The Bertz CT molecular complexity index is 1380. The normalized spacial score (nSPS) is 23.3. The van der Waals surface area contributed by atoms with Crippen LogP contribution in [0.25, 0.3) is 11.8 Å². The minimum atomic E-state index is -0.288. The van der Waals surface area contributed by atoms with Gasteiger partial charge in [-0.25, -0.2) is 0 Å². The molecule has 1 aliphatic heterocycles. The van der Waals surface area contributed by atoms with Gasteiger partial charge in [-0.15, -0.1) is 0 Å². The first-order valence-electron chi connectivity index (χ1n) is 15.5. The largest absolute Gasteiger partial charge is 0.316 e. The van der Waals surface area contributed by atoms with Crippen LogP contribution in [0.5, 0.6) is 0 Å². The molecule has 2 aromatic rings. The topological polar surface area (TPSA) is 49.4 Å². The maximum absolute atomic E-state index is 12.2. The summed E-state index contributed by atoms with van der Waals surface area (Å²) in [5.41, 5.74) is 5.45. The van der Waals surface area contributed by atoms with Crippen LogP contribution in [-0.2, 0) is 0 Å². The van der Waals surface area contributed by atoms with Crippen molar-refractivity contribution in [2.24, 2.45) is 0 Å². The molecule has 1 heterocycles. The third-order valence-corrected chi connectivity index (χ3v) is 16.7. The van der Waals surface area contributed by atoms with E-state index >= 15 is 0 Å². The zero-order valence-corrected chi connectivity index (χ0v) is 29.8. The standard InChI is InChI=1S/C32H40BN2O2P2S.C3H8/c1-8-22-9-11-24(20-26(22)21(2)35(6)40-39(7)30(3,4)5)38-32-16-13-31(14-17-32,15-18-32)33-23-10-12-25-27(19-23)29(37)34-28(25)36;1-3-2/h8-12,19-20,38H,1-2,13-18H2,3-7H3,(H,34,36,37);3H2,1-2H3. The maximum atomic E-state index is 12.2. The lowest BCUT2D eigenvalue weighted by atomic mass is 9.39. The number of amides is 2. The van der Waals surface area contributed by atoms with E-state index in [-0.39, 0.29) is 29.4 Å². The summed E-state index contributed by atoms with van der Waals surface area (Å²) in [7, 11) is 5.08. The summed E-state index contributed by atoms with van der Waals surface area (Å²) in [4.78, 5) is 24.1. The smallest absolute Gasteiger partial charge is 0.258 e. The highest BCUT2D eigenvalue weighted by molar-refractivity contribution is 8.54. The van der Waals surface area contributed by atoms with Crippen LogP contribution in [0.1, 0.15) is 111 Å². The lowest BCUT2D eigenvalue weighted by Gasteiger charge is -2.54. The summed E-state index contributed by atoms with van der Waals surface area (Å²) < 4.78 is 2.26. The predicted molar refractivity (Wildman–Crippen MR) is 194 cm³/mol. The van der Waals surface area contributed by atoms with E-state index in [2.05, 4.69) is 96.6 Å². The van der Waals surface area contributed by atoms with E-state index in [4.69, 9.17) is 0 Å². The van der Waals surface area contributed by atoms with E-state index in [1.165, 1.54) is 55.8 Å². The molecule has 0 spiro atoms. The highest BCUT2D eigenvalue weighted by Gasteiger charge is 2.48. The van der Waals surface area contributed by atoms with Crippen LogP contribution in [0.4, 0.5) is 0 Å². The van der Waals surface area contributed by atoms with E-state index in [1.807, 2.05) is 29.8 Å². The molecule has 229 valence electrons. The van der Waals surface area contributed by atoms with Gasteiger partial charge in [0.15, 0.2) is 7.28 Å². The van der Waals surface area contributed by atoms with Gasteiger partial charge in [0.25, 0.3) is 11.8 Å². The fourth-order valence-electron chi connectivity index (χ4n) is 6.14. The van der Waals surface area contributed by atoms with Gasteiger partial charge in [-0.2, -0.15) is 0 Å². The Labute approximate surface area is 268 Å². The first-order valence-corrected chi connectivity index (χ1v) is 19.7. The van der Waals surface area contributed by atoms with E-state index in [0.29, 0.717) is 16.3 Å². The van der Waals surface area contributed by atoms with E-state index < -0.39 is 0 Å². The Balaban J connectivity index is 0.00000135. The molecule has 2 amide bonds. The molecule has 1 N–H and O–H groups in total. The van der Waals surface area contributed by atoms with Crippen molar-refractivity contribution in [3.8, 4) is 0 Å². The summed E-state index contributed by atoms with van der Waals surface area (Å²) in [6.45, 7) is 22.1. The molecule has 43 heavy (non-hydrogen) atoms. The number of imide groups is 1. The van der Waals surface area contributed by atoms with Crippen molar-refractivity contribution in [3.63, 3.8) is 0 Å². The Morgan fingerprint density at radius 3 is 2.23 bits per heavy atom.